The third-order valence-electron chi connectivity index (χ3n) is 2.51. The fourth-order valence-electron chi connectivity index (χ4n) is 1.51. The van der Waals surface area contributed by atoms with Crippen LogP contribution in [0.4, 0.5) is 10.3 Å². The number of anilines is 2. The number of nitrogens with two attached hydrogens (primary N) is 1. The summed E-state index contributed by atoms with van der Waals surface area (Å²) in [5.74, 6) is 1.46. The lowest BCUT2D eigenvalue weighted by molar-refractivity contribution is 0.301. The van der Waals surface area contributed by atoms with Crippen molar-refractivity contribution < 1.29 is 9.47 Å². The third-order valence-corrected chi connectivity index (χ3v) is 3.38. The molecule has 1 aromatic carbocycles. The molecule has 0 saturated carbocycles. The normalized spacial score (nSPS) is 10.2. The number of nitrogens with zero attached hydrogens (tertiary/aromatic N) is 3. The summed E-state index contributed by atoms with van der Waals surface area (Å²) in [7, 11) is 3.55. The lowest BCUT2D eigenvalue weighted by Crippen LogP contribution is -2.23. The molecule has 0 unspecified atom stereocenters. The average molecular weight is 280 g/mol. The number of likely N-dealkylation sites (N-methyl/N-ethyl adjacent to an activating group) is 1. The van der Waals surface area contributed by atoms with Gasteiger partial charge in [-0.3, -0.25) is 0 Å². The molecule has 19 heavy (non-hydrogen) atoms. The Kier molecular flexibility index (Phi) is 4.40. The second kappa shape index (κ2) is 6.24. The van der Waals surface area contributed by atoms with Crippen LogP contribution in [0, 0.1) is 0 Å². The molecule has 0 atom stereocenters. The number of methoxy groups -OCH3 is 1. The van der Waals surface area contributed by atoms with Gasteiger partial charge in [-0.05, 0) is 12.1 Å². The molecule has 0 radical (unpaired) electrons. The highest BCUT2D eigenvalue weighted by Gasteiger charge is 2.08. The van der Waals surface area contributed by atoms with Crippen LogP contribution in [-0.4, -0.2) is 37.5 Å². The van der Waals surface area contributed by atoms with Crippen LogP contribution < -0.4 is 20.1 Å². The molecule has 0 bridgehead atoms. The molecule has 0 aliphatic carbocycles. The summed E-state index contributed by atoms with van der Waals surface area (Å²) in [5, 5.41) is 8.98. The molecule has 7 heteroatoms. The van der Waals surface area contributed by atoms with Gasteiger partial charge < -0.3 is 20.1 Å². The fourth-order valence-corrected chi connectivity index (χ4v) is 2.10. The van der Waals surface area contributed by atoms with E-state index in [2.05, 4.69) is 10.2 Å². The molecule has 0 aliphatic heterocycles. The second-order valence-electron chi connectivity index (χ2n) is 3.84. The summed E-state index contributed by atoms with van der Waals surface area (Å²) >= 11 is 1.35. The molecule has 2 aromatic rings. The zero-order valence-electron chi connectivity index (χ0n) is 10.9. The van der Waals surface area contributed by atoms with Gasteiger partial charge in [0.2, 0.25) is 10.3 Å². The van der Waals surface area contributed by atoms with Gasteiger partial charge in [-0.1, -0.05) is 23.5 Å². The summed E-state index contributed by atoms with van der Waals surface area (Å²) in [6.45, 7) is 1.21. The maximum atomic E-state index is 5.69. The number of ether oxygens (including phenoxy) is 2. The summed E-state index contributed by atoms with van der Waals surface area (Å²) in [4.78, 5) is 1.95. The van der Waals surface area contributed by atoms with Crippen molar-refractivity contribution in [3.63, 3.8) is 0 Å². The van der Waals surface area contributed by atoms with Crippen molar-refractivity contribution in [2.24, 2.45) is 0 Å². The average Bonchev–Trinajstić information content (AvgIpc) is 2.86. The molecule has 0 aliphatic rings. The van der Waals surface area contributed by atoms with Crippen LogP contribution in [0.2, 0.25) is 0 Å². The first-order valence-electron chi connectivity index (χ1n) is 5.76. The molecule has 1 aromatic heterocycles. The van der Waals surface area contributed by atoms with Gasteiger partial charge in [0.15, 0.2) is 11.5 Å². The van der Waals surface area contributed by atoms with Crippen molar-refractivity contribution in [3.8, 4) is 11.5 Å². The molecule has 0 saturated heterocycles. The van der Waals surface area contributed by atoms with Gasteiger partial charge in [-0.15, -0.1) is 10.2 Å². The van der Waals surface area contributed by atoms with Crippen LogP contribution >= 0.6 is 11.3 Å². The Morgan fingerprint density at radius 3 is 2.63 bits per heavy atom. The number of hydrogen-bond acceptors (Lipinski definition) is 7. The number of nitrogen functional groups attached to an aromatic ring is 1. The number of rotatable bonds is 6. The quantitative estimate of drug-likeness (QED) is 0.867. The van der Waals surface area contributed by atoms with E-state index in [1.54, 1.807) is 7.11 Å². The van der Waals surface area contributed by atoms with Crippen molar-refractivity contribution in [2.45, 2.75) is 0 Å². The number of benzene rings is 1. The Labute approximate surface area is 115 Å². The first-order chi connectivity index (χ1) is 9.20. The molecule has 2 rings (SSSR count). The van der Waals surface area contributed by atoms with Crippen LogP contribution in [0.15, 0.2) is 24.3 Å². The van der Waals surface area contributed by atoms with E-state index in [0.717, 1.165) is 16.6 Å². The van der Waals surface area contributed by atoms with E-state index in [4.69, 9.17) is 15.2 Å². The SMILES string of the molecule is COc1ccccc1OCCN(C)c1nnc(N)s1. The van der Waals surface area contributed by atoms with Crippen LogP contribution in [0.3, 0.4) is 0 Å². The predicted octanol–water partition coefficient (Wildman–Crippen LogP) is 1.64. The monoisotopic (exact) mass is 280 g/mol. The van der Waals surface area contributed by atoms with Crippen molar-refractivity contribution in [3.05, 3.63) is 24.3 Å². The van der Waals surface area contributed by atoms with E-state index in [9.17, 15) is 0 Å². The highest BCUT2D eigenvalue weighted by molar-refractivity contribution is 7.18. The Morgan fingerprint density at radius 1 is 1.26 bits per heavy atom. The number of aromatic nitrogens is 2. The minimum absolute atomic E-state index is 0.465. The van der Waals surface area contributed by atoms with E-state index in [1.807, 2.05) is 36.2 Å². The topological polar surface area (TPSA) is 73.5 Å². The van der Waals surface area contributed by atoms with E-state index in [-0.39, 0.29) is 0 Å². The number of para-hydroxylation sites is 2. The van der Waals surface area contributed by atoms with E-state index >= 15 is 0 Å². The first-order valence-corrected chi connectivity index (χ1v) is 6.58. The molecule has 102 valence electrons. The van der Waals surface area contributed by atoms with Gasteiger partial charge in [-0.25, -0.2) is 0 Å². The maximum absolute atomic E-state index is 5.69. The molecule has 0 amide bonds. The van der Waals surface area contributed by atoms with E-state index < -0.39 is 0 Å². The van der Waals surface area contributed by atoms with Gasteiger partial charge >= 0.3 is 0 Å². The predicted molar refractivity (Wildman–Crippen MR) is 76.1 cm³/mol. The van der Waals surface area contributed by atoms with Gasteiger partial charge in [0, 0.05) is 7.05 Å². The Balaban J connectivity index is 1.86. The zero-order valence-corrected chi connectivity index (χ0v) is 11.7. The van der Waals surface area contributed by atoms with Crippen LogP contribution in [0.25, 0.3) is 0 Å². The van der Waals surface area contributed by atoms with Gasteiger partial charge in [-0.2, -0.15) is 0 Å². The third kappa shape index (κ3) is 3.47. The van der Waals surface area contributed by atoms with Crippen LogP contribution in [0.5, 0.6) is 11.5 Å². The van der Waals surface area contributed by atoms with Crippen molar-refractivity contribution >= 4 is 21.6 Å². The van der Waals surface area contributed by atoms with Gasteiger partial charge in [0.05, 0.1) is 13.7 Å². The van der Waals surface area contributed by atoms with E-state index in [0.29, 0.717) is 18.3 Å². The molecular weight excluding hydrogens is 264 g/mol. The van der Waals surface area contributed by atoms with Crippen LogP contribution in [-0.2, 0) is 0 Å². The lowest BCUT2D eigenvalue weighted by Gasteiger charge is -2.16. The standard InChI is InChI=1S/C12H16N4O2S/c1-16(12-15-14-11(13)19-12)7-8-18-10-6-4-3-5-9(10)17-2/h3-6H,7-8H2,1-2H3,(H2,13,14). The summed E-state index contributed by atoms with van der Waals surface area (Å²) in [5.41, 5.74) is 5.54. The minimum Gasteiger partial charge on any atom is -0.493 e. The van der Waals surface area contributed by atoms with Crippen molar-refractivity contribution in [2.75, 3.05) is 37.9 Å². The smallest absolute Gasteiger partial charge is 0.209 e. The van der Waals surface area contributed by atoms with Gasteiger partial charge in [0.1, 0.15) is 6.61 Å². The van der Waals surface area contributed by atoms with Crippen molar-refractivity contribution in [1.82, 2.24) is 10.2 Å². The highest BCUT2D eigenvalue weighted by Crippen LogP contribution is 2.26. The minimum atomic E-state index is 0.465. The Morgan fingerprint density at radius 2 is 2.00 bits per heavy atom. The Bertz CT molecular complexity index is 532. The molecule has 0 spiro atoms. The van der Waals surface area contributed by atoms with Crippen LogP contribution in [0.1, 0.15) is 0 Å². The highest BCUT2D eigenvalue weighted by atomic mass is 32.1. The maximum Gasteiger partial charge on any atom is 0.209 e. The summed E-state index contributed by atoms with van der Waals surface area (Å²) in [6.07, 6.45) is 0. The largest absolute Gasteiger partial charge is 0.493 e. The zero-order chi connectivity index (χ0) is 13.7. The first kappa shape index (κ1) is 13.4. The Hall–Kier alpha value is -2.02. The summed E-state index contributed by atoms with van der Waals surface area (Å²) in [6, 6.07) is 7.56. The molecular formula is C12H16N4O2S. The van der Waals surface area contributed by atoms with E-state index in [1.165, 1.54) is 11.3 Å². The molecule has 0 fully saturated rings. The molecule has 6 nitrogen and oxygen atoms in total. The lowest BCUT2D eigenvalue weighted by atomic mass is 10.3. The summed E-state index contributed by atoms with van der Waals surface area (Å²) < 4.78 is 10.9. The van der Waals surface area contributed by atoms with Gasteiger partial charge in [0.25, 0.3) is 0 Å². The fraction of sp³-hybridized carbons (Fsp3) is 0.333. The second-order valence-corrected chi connectivity index (χ2v) is 4.83. The molecule has 2 N–H and O–H groups in total. The van der Waals surface area contributed by atoms with Crippen molar-refractivity contribution in [1.29, 1.82) is 0 Å². The molecule has 1 heterocycles. The number of hydrogen-bond donors (Lipinski definition) is 1.